The Morgan fingerprint density at radius 3 is 1.61 bits per heavy atom. The van der Waals surface area contributed by atoms with Gasteiger partial charge in [-0.15, -0.1) is 0 Å². The van der Waals surface area contributed by atoms with E-state index in [2.05, 4.69) is 20.1 Å². The third kappa shape index (κ3) is 8.06. The second-order valence-corrected chi connectivity index (χ2v) is 17.0. The average molecular weight is 803 g/mol. The lowest BCUT2D eigenvalue weighted by atomic mass is 10.1. The summed E-state index contributed by atoms with van der Waals surface area (Å²) in [6.07, 6.45) is 3.98. The topological polar surface area (TPSA) is 170 Å². The fourth-order valence-corrected chi connectivity index (χ4v) is 9.18. The van der Waals surface area contributed by atoms with Crippen molar-refractivity contribution in [3.63, 3.8) is 0 Å². The summed E-state index contributed by atoms with van der Waals surface area (Å²) >= 11 is 0. The molecule has 13 nitrogen and oxygen atoms in total. The van der Waals surface area contributed by atoms with Gasteiger partial charge in [0.2, 0.25) is 20.0 Å². The fourth-order valence-electron chi connectivity index (χ4n) is 6.77. The van der Waals surface area contributed by atoms with E-state index in [1.54, 1.807) is 42.7 Å². The van der Waals surface area contributed by atoms with Crippen LogP contribution in [0.1, 0.15) is 12.1 Å². The highest BCUT2D eigenvalue weighted by Gasteiger charge is 2.21. The minimum absolute atomic E-state index is 0.158. The molecule has 0 spiro atoms. The molecule has 0 amide bonds. The second-order valence-electron chi connectivity index (χ2n) is 13.3. The van der Waals surface area contributed by atoms with Gasteiger partial charge in [-0.2, -0.15) is 0 Å². The van der Waals surface area contributed by atoms with Gasteiger partial charge in [0.05, 0.1) is 88.4 Å². The highest BCUT2D eigenvalue weighted by molar-refractivity contribution is 7.93. The number of aromatic nitrogens is 2. The molecular weight excluding hydrogens is 765 g/mol. The predicted molar refractivity (Wildman–Crippen MR) is 226 cm³/mol. The van der Waals surface area contributed by atoms with Crippen molar-refractivity contribution in [1.29, 1.82) is 0 Å². The van der Waals surface area contributed by atoms with E-state index in [0.29, 0.717) is 40.7 Å². The van der Waals surface area contributed by atoms with Gasteiger partial charge in [0.15, 0.2) is 5.75 Å². The molecule has 0 saturated heterocycles. The van der Waals surface area contributed by atoms with Crippen LogP contribution in [0.2, 0.25) is 0 Å². The molecule has 5 aromatic carbocycles. The number of nitrogens with zero attached hydrogens (tertiary/aromatic N) is 2. The summed E-state index contributed by atoms with van der Waals surface area (Å²) in [4.78, 5) is 9.51. The molecule has 57 heavy (non-hydrogen) atoms. The van der Waals surface area contributed by atoms with Crippen LogP contribution in [0.3, 0.4) is 0 Å². The lowest BCUT2D eigenvalue weighted by Gasteiger charge is -2.20. The van der Waals surface area contributed by atoms with Crippen LogP contribution >= 0.6 is 0 Å². The largest absolute Gasteiger partial charge is 0.494 e. The maximum atomic E-state index is 13.1. The highest BCUT2D eigenvalue weighted by atomic mass is 32.2. The molecule has 0 atom stereocenters. The Labute approximate surface area is 329 Å². The van der Waals surface area contributed by atoms with Crippen LogP contribution in [-0.2, 0) is 26.5 Å². The van der Waals surface area contributed by atoms with Gasteiger partial charge in [-0.1, -0.05) is 54.6 Å². The summed E-state index contributed by atoms with van der Waals surface area (Å²) in [5, 5.41) is 9.56. The van der Waals surface area contributed by atoms with Crippen molar-refractivity contribution in [3.05, 3.63) is 127 Å². The van der Waals surface area contributed by atoms with Crippen LogP contribution in [0, 0.1) is 0 Å². The van der Waals surface area contributed by atoms with E-state index in [9.17, 15) is 16.8 Å². The number of hydrogen-bond acceptors (Lipinski definition) is 11. The van der Waals surface area contributed by atoms with Crippen LogP contribution < -0.4 is 34.3 Å². The van der Waals surface area contributed by atoms with Crippen molar-refractivity contribution in [2.45, 2.75) is 12.8 Å². The Kier molecular flexibility index (Phi) is 10.2. The van der Waals surface area contributed by atoms with Crippen LogP contribution in [-0.4, -0.2) is 52.5 Å². The number of fused-ring (bicyclic) bond motifs is 4. The zero-order chi connectivity index (χ0) is 39.6. The third-order valence-electron chi connectivity index (χ3n) is 9.39. The molecule has 290 valence electrons. The van der Waals surface area contributed by atoms with Crippen LogP contribution in [0.15, 0.2) is 122 Å². The number of benzene rings is 5. The van der Waals surface area contributed by atoms with Crippen LogP contribution in [0.25, 0.3) is 32.7 Å². The SMILES string of the molecule is COc1cc(NS(=O)(=O)CCCS(=O)(=O)Nc2ccc(Nc3c4ccccc4nc4ccccc34)c(OC)c2)ccc1Nc1c2c(nc3ccccc13)CC=CO2. The Morgan fingerprint density at radius 1 is 0.614 bits per heavy atom. The van der Waals surface area contributed by atoms with E-state index < -0.39 is 31.6 Å². The minimum atomic E-state index is -3.93. The van der Waals surface area contributed by atoms with Crippen molar-refractivity contribution < 1.29 is 31.0 Å². The molecule has 0 aliphatic carbocycles. The number of allylic oxidation sites excluding steroid dienone is 1. The van der Waals surface area contributed by atoms with Crippen molar-refractivity contribution in [2.24, 2.45) is 0 Å². The quantitative estimate of drug-likeness (QED) is 0.0778. The van der Waals surface area contributed by atoms with Crippen molar-refractivity contribution >= 4 is 86.9 Å². The lowest BCUT2D eigenvalue weighted by Crippen LogP contribution is -2.22. The zero-order valence-electron chi connectivity index (χ0n) is 30.9. The van der Waals surface area contributed by atoms with Crippen LogP contribution in [0.4, 0.5) is 34.1 Å². The Bertz CT molecular complexity index is 2870. The summed E-state index contributed by atoms with van der Waals surface area (Å²) in [5.41, 5.74) is 6.51. The number of anilines is 6. The van der Waals surface area contributed by atoms with Crippen molar-refractivity contribution in [3.8, 4) is 17.2 Å². The smallest absolute Gasteiger partial charge is 0.232 e. The molecule has 0 saturated carbocycles. The molecule has 0 bridgehead atoms. The Morgan fingerprint density at radius 2 is 1.09 bits per heavy atom. The van der Waals surface area contributed by atoms with E-state index in [-0.39, 0.29) is 17.8 Å². The molecule has 0 unspecified atom stereocenters. The van der Waals surface area contributed by atoms with Gasteiger partial charge in [-0.05, 0) is 55.0 Å². The van der Waals surface area contributed by atoms with Gasteiger partial charge >= 0.3 is 0 Å². The molecular formula is C42H38N6O7S2. The van der Waals surface area contributed by atoms with Gasteiger partial charge in [0, 0.05) is 34.7 Å². The van der Waals surface area contributed by atoms with Crippen molar-refractivity contribution in [1.82, 2.24) is 9.97 Å². The van der Waals surface area contributed by atoms with Crippen LogP contribution in [0.5, 0.6) is 17.2 Å². The first kappa shape index (κ1) is 37.3. The first-order valence-corrected chi connectivity index (χ1v) is 21.3. The summed E-state index contributed by atoms with van der Waals surface area (Å²) in [6.45, 7) is 0. The summed E-state index contributed by atoms with van der Waals surface area (Å²) in [6, 6.07) is 33.1. The number of sulfonamides is 2. The van der Waals surface area contributed by atoms with E-state index in [4.69, 9.17) is 24.2 Å². The van der Waals surface area contributed by atoms with Gasteiger partial charge in [-0.3, -0.25) is 9.44 Å². The maximum absolute atomic E-state index is 13.1. The number of pyridine rings is 2. The molecule has 1 aliphatic rings. The fraction of sp³-hybridized carbons (Fsp3) is 0.143. The predicted octanol–water partition coefficient (Wildman–Crippen LogP) is 8.46. The molecule has 8 rings (SSSR count). The zero-order valence-corrected chi connectivity index (χ0v) is 32.6. The standard InChI is InChI=1S/C42H38N6O7S2/c1-53-38-25-27(18-20-35(38)45-40-29-11-3-6-14-32(29)43-33-15-7-4-12-30(33)40)47-56(49,50)23-10-24-57(51,52)48-28-19-21-36(39(26-28)54-2)46-41-31-13-5-8-16-34(31)44-37-17-9-22-55-42(37)41/h3-9,11-16,18-22,25-26,47-48H,10,17,23-24H2,1-2H3,(H,43,45)(H,44,46). The van der Waals surface area contributed by atoms with Gasteiger partial charge in [-0.25, -0.2) is 26.8 Å². The normalized spacial score (nSPS) is 12.5. The summed E-state index contributed by atoms with van der Waals surface area (Å²) in [5.74, 6) is 0.517. The second kappa shape index (κ2) is 15.5. The highest BCUT2D eigenvalue weighted by Crippen LogP contribution is 2.42. The van der Waals surface area contributed by atoms with Gasteiger partial charge < -0.3 is 24.8 Å². The molecule has 7 aromatic rings. The van der Waals surface area contributed by atoms with E-state index >= 15 is 0 Å². The molecule has 4 N–H and O–H groups in total. The van der Waals surface area contributed by atoms with Crippen molar-refractivity contribution in [2.75, 3.05) is 45.8 Å². The number of rotatable bonds is 14. The van der Waals surface area contributed by atoms with Gasteiger partial charge in [0.25, 0.3) is 0 Å². The first-order chi connectivity index (χ1) is 27.6. The summed E-state index contributed by atoms with van der Waals surface area (Å²) in [7, 11) is -4.87. The molecule has 1 aliphatic heterocycles. The monoisotopic (exact) mass is 802 g/mol. The van der Waals surface area contributed by atoms with E-state index in [0.717, 1.165) is 44.1 Å². The number of nitrogens with one attached hydrogen (secondary N) is 4. The van der Waals surface area contributed by atoms with Gasteiger partial charge in [0.1, 0.15) is 11.5 Å². The molecule has 0 radical (unpaired) electrons. The Hall–Kier alpha value is -6.58. The molecule has 3 heterocycles. The number of hydrogen-bond donors (Lipinski definition) is 4. The lowest BCUT2D eigenvalue weighted by molar-refractivity contribution is 0.417. The summed E-state index contributed by atoms with van der Waals surface area (Å²) < 4.78 is 74.7. The minimum Gasteiger partial charge on any atom is -0.494 e. The number of para-hydroxylation sites is 3. The van der Waals surface area contributed by atoms with E-state index in [1.807, 2.05) is 78.9 Å². The number of methoxy groups -OCH3 is 2. The average Bonchev–Trinajstić information content (AvgIpc) is 3.21. The maximum Gasteiger partial charge on any atom is 0.232 e. The third-order valence-corrected chi connectivity index (χ3v) is 12.1. The number of ether oxygens (including phenoxy) is 3. The molecule has 15 heteroatoms. The van der Waals surface area contributed by atoms with E-state index in [1.165, 1.54) is 14.2 Å². The first-order valence-electron chi connectivity index (χ1n) is 18.0. The Balaban J connectivity index is 0.917. The molecule has 2 aromatic heterocycles. The molecule has 0 fully saturated rings.